The minimum Gasteiger partial charge on any atom is -0.329 e. The van der Waals surface area contributed by atoms with Gasteiger partial charge in [0.05, 0.1) is 11.6 Å². The average molecular weight is 382 g/mol. The first kappa shape index (κ1) is 21.4. The zero-order chi connectivity index (χ0) is 16.2. The number of aromatic nitrogens is 1. The molecule has 2 aromatic rings. The number of piperazine rings is 1. The van der Waals surface area contributed by atoms with Crippen molar-refractivity contribution in [3.05, 3.63) is 65.0 Å². The van der Waals surface area contributed by atoms with Crippen LogP contribution < -0.4 is 5.32 Å². The number of rotatable bonds is 3. The molecule has 1 aliphatic rings. The Morgan fingerprint density at radius 1 is 1.24 bits per heavy atom. The van der Waals surface area contributed by atoms with Crippen LogP contribution >= 0.6 is 24.8 Å². The van der Waals surface area contributed by atoms with Crippen LogP contribution in [0.4, 0.5) is 0 Å². The van der Waals surface area contributed by atoms with E-state index in [1.165, 1.54) is 11.1 Å². The molecule has 0 radical (unpaired) electrons. The van der Waals surface area contributed by atoms with Crippen molar-refractivity contribution in [2.24, 2.45) is 0 Å². The lowest BCUT2D eigenvalue weighted by atomic mass is 10.00. The van der Waals surface area contributed by atoms with Crippen molar-refractivity contribution in [2.75, 3.05) is 19.6 Å². The summed E-state index contributed by atoms with van der Waals surface area (Å²) in [5.41, 5.74) is 4.18. The molecular formula is C19H25Cl2N3O. The van der Waals surface area contributed by atoms with E-state index in [9.17, 15) is 4.79 Å². The molecule has 1 N–H and O–H groups in total. The summed E-state index contributed by atoms with van der Waals surface area (Å²) < 4.78 is 0. The number of hydrogen-bond donors (Lipinski definition) is 1. The maximum Gasteiger partial charge on any atom is 0.256 e. The van der Waals surface area contributed by atoms with Gasteiger partial charge in [-0.15, -0.1) is 24.8 Å². The molecule has 1 unspecified atom stereocenters. The Morgan fingerprint density at radius 2 is 1.96 bits per heavy atom. The number of nitrogens with zero attached hydrogens (tertiary/aromatic N) is 2. The van der Waals surface area contributed by atoms with E-state index in [1.807, 2.05) is 17.9 Å². The van der Waals surface area contributed by atoms with E-state index in [1.54, 1.807) is 12.4 Å². The molecular weight excluding hydrogens is 357 g/mol. The van der Waals surface area contributed by atoms with Crippen LogP contribution in [-0.2, 0) is 6.42 Å². The standard InChI is InChI=1S/C19H23N3O.2ClH/c1-3-15-4-6-16(7-5-15)18-13-20-8-9-22(18)19(23)17-10-14(2)11-21-12-17;;/h4-7,10-12,18,20H,3,8-9,13H2,1-2H3;2*1H. The Hall–Kier alpha value is -1.62. The normalized spacial score (nSPS) is 16.6. The Morgan fingerprint density at radius 3 is 2.60 bits per heavy atom. The van der Waals surface area contributed by atoms with Crippen LogP contribution in [0.25, 0.3) is 0 Å². The molecule has 0 saturated carbocycles. The van der Waals surface area contributed by atoms with Crippen molar-refractivity contribution in [3.8, 4) is 0 Å². The average Bonchev–Trinajstić information content (AvgIpc) is 2.61. The zero-order valence-electron chi connectivity index (χ0n) is 14.6. The van der Waals surface area contributed by atoms with Gasteiger partial charge in [-0.3, -0.25) is 9.78 Å². The zero-order valence-corrected chi connectivity index (χ0v) is 16.2. The third-order valence-corrected chi connectivity index (χ3v) is 4.40. The fourth-order valence-electron chi connectivity index (χ4n) is 3.06. The molecule has 1 fully saturated rings. The number of amides is 1. The fourth-order valence-corrected chi connectivity index (χ4v) is 3.06. The molecule has 2 heterocycles. The van der Waals surface area contributed by atoms with E-state index in [0.717, 1.165) is 25.1 Å². The van der Waals surface area contributed by atoms with Crippen LogP contribution in [0, 0.1) is 6.92 Å². The van der Waals surface area contributed by atoms with Crippen molar-refractivity contribution in [1.82, 2.24) is 15.2 Å². The predicted octanol–water partition coefficient (Wildman–Crippen LogP) is 3.58. The first-order chi connectivity index (χ1) is 11.2. The van der Waals surface area contributed by atoms with E-state index in [0.29, 0.717) is 12.1 Å². The first-order valence-electron chi connectivity index (χ1n) is 8.21. The summed E-state index contributed by atoms with van der Waals surface area (Å²) in [7, 11) is 0. The molecule has 0 bridgehead atoms. The Bertz CT molecular complexity index is 691. The number of nitrogens with one attached hydrogen (secondary N) is 1. The van der Waals surface area contributed by atoms with Crippen LogP contribution in [0.5, 0.6) is 0 Å². The van der Waals surface area contributed by atoms with Gasteiger partial charge >= 0.3 is 0 Å². The van der Waals surface area contributed by atoms with E-state index in [4.69, 9.17) is 0 Å². The molecule has 4 nitrogen and oxygen atoms in total. The minimum absolute atomic E-state index is 0. The van der Waals surface area contributed by atoms with Crippen LogP contribution in [0.15, 0.2) is 42.7 Å². The van der Waals surface area contributed by atoms with Crippen molar-refractivity contribution in [3.63, 3.8) is 0 Å². The number of halogens is 2. The lowest BCUT2D eigenvalue weighted by molar-refractivity contribution is 0.0634. The molecule has 1 saturated heterocycles. The molecule has 1 atom stereocenters. The molecule has 1 aromatic carbocycles. The highest BCUT2D eigenvalue weighted by Crippen LogP contribution is 2.24. The van der Waals surface area contributed by atoms with Gasteiger partial charge in [0.25, 0.3) is 5.91 Å². The SMILES string of the molecule is CCc1ccc(C2CNCCN2C(=O)c2cncc(C)c2)cc1.Cl.Cl. The second-order valence-corrected chi connectivity index (χ2v) is 6.06. The van der Waals surface area contributed by atoms with E-state index in [2.05, 4.69) is 41.5 Å². The van der Waals surface area contributed by atoms with Crippen molar-refractivity contribution in [1.29, 1.82) is 0 Å². The third-order valence-electron chi connectivity index (χ3n) is 4.40. The molecule has 0 spiro atoms. The van der Waals surface area contributed by atoms with Crippen molar-refractivity contribution < 1.29 is 4.79 Å². The summed E-state index contributed by atoms with van der Waals surface area (Å²) in [4.78, 5) is 19.0. The molecule has 0 aliphatic carbocycles. The highest BCUT2D eigenvalue weighted by atomic mass is 35.5. The Balaban J connectivity index is 0.00000156. The lowest BCUT2D eigenvalue weighted by Crippen LogP contribution is -2.48. The quantitative estimate of drug-likeness (QED) is 0.883. The summed E-state index contributed by atoms with van der Waals surface area (Å²) in [5, 5.41) is 3.40. The third kappa shape index (κ3) is 4.94. The molecule has 1 aromatic heterocycles. The second-order valence-electron chi connectivity index (χ2n) is 6.06. The second kappa shape index (κ2) is 9.76. The Kier molecular flexibility index (Phi) is 8.36. The number of aryl methyl sites for hydroxylation is 2. The maximum atomic E-state index is 12.9. The van der Waals surface area contributed by atoms with Gasteiger partial charge in [0.15, 0.2) is 0 Å². The predicted molar refractivity (Wildman–Crippen MR) is 106 cm³/mol. The smallest absolute Gasteiger partial charge is 0.256 e. The summed E-state index contributed by atoms with van der Waals surface area (Å²) in [6.45, 7) is 6.44. The first-order valence-corrected chi connectivity index (χ1v) is 8.21. The fraction of sp³-hybridized carbons (Fsp3) is 0.368. The van der Waals surface area contributed by atoms with Gasteiger partial charge in [-0.05, 0) is 36.1 Å². The van der Waals surface area contributed by atoms with Crippen LogP contribution in [0.1, 0.15) is 40.0 Å². The lowest BCUT2D eigenvalue weighted by Gasteiger charge is -2.36. The van der Waals surface area contributed by atoms with Crippen LogP contribution in [0.2, 0.25) is 0 Å². The highest BCUT2D eigenvalue weighted by molar-refractivity contribution is 5.94. The molecule has 3 rings (SSSR count). The molecule has 1 aliphatic heterocycles. The molecule has 25 heavy (non-hydrogen) atoms. The van der Waals surface area contributed by atoms with E-state index < -0.39 is 0 Å². The van der Waals surface area contributed by atoms with Gasteiger partial charge in [0.1, 0.15) is 0 Å². The summed E-state index contributed by atoms with van der Waals surface area (Å²) in [5.74, 6) is 0.0623. The molecule has 6 heteroatoms. The van der Waals surface area contributed by atoms with Gasteiger partial charge in [-0.25, -0.2) is 0 Å². The summed E-state index contributed by atoms with van der Waals surface area (Å²) in [6, 6.07) is 10.6. The Labute approximate surface area is 161 Å². The van der Waals surface area contributed by atoms with Gasteiger partial charge < -0.3 is 10.2 Å². The van der Waals surface area contributed by atoms with Gasteiger partial charge in [0.2, 0.25) is 0 Å². The molecule has 136 valence electrons. The number of hydrogen-bond acceptors (Lipinski definition) is 3. The molecule has 1 amide bonds. The van der Waals surface area contributed by atoms with E-state index >= 15 is 0 Å². The topological polar surface area (TPSA) is 45.2 Å². The number of benzene rings is 1. The summed E-state index contributed by atoms with van der Waals surface area (Å²) in [6.07, 6.45) is 4.46. The van der Waals surface area contributed by atoms with E-state index in [-0.39, 0.29) is 36.8 Å². The monoisotopic (exact) mass is 381 g/mol. The van der Waals surface area contributed by atoms with Crippen molar-refractivity contribution >= 4 is 30.7 Å². The number of carbonyl (C=O) groups is 1. The number of carbonyl (C=O) groups excluding carboxylic acids is 1. The van der Waals surface area contributed by atoms with Crippen molar-refractivity contribution in [2.45, 2.75) is 26.3 Å². The largest absolute Gasteiger partial charge is 0.329 e. The summed E-state index contributed by atoms with van der Waals surface area (Å²) >= 11 is 0. The van der Waals surface area contributed by atoms with Gasteiger partial charge in [-0.1, -0.05) is 31.2 Å². The van der Waals surface area contributed by atoms with Gasteiger partial charge in [-0.2, -0.15) is 0 Å². The maximum absolute atomic E-state index is 12.9. The van der Waals surface area contributed by atoms with Gasteiger partial charge in [0, 0.05) is 32.0 Å². The van der Waals surface area contributed by atoms with Crippen LogP contribution in [-0.4, -0.2) is 35.4 Å². The minimum atomic E-state index is 0. The van der Waals surface area contributed by atoms with Crippen LogP contribution in [0.3, 0.4) is 0 Å². The highest BCUT2D eigenvalue weighted by Gasteiger charge is 2.28. The number of pyridine rings is 1.